The molecule has 1 aliphatic heterocycles. The van der Waals surface area contributed by atoms with Gasteiger partial charge in [0.15, 0.2) is 18.1 Å². The van der Waals surface area contributed by atoms with Gasteiger partial charge in [0.05, 0.1) is 25.7 Å². The highest BCUT2D eigenvalue weighted by Gasteiger charge is 2.22. The van der Waals surface area contributed by atoms with Crippen LogP contribution in [0.15, 0.2) is 36.4 Å². The fraction of sp³-hybridized carbons (Fsp3) is 0.440. The highest BCUT2D eigenvalue weighted by Crippen LogP contribution is 2.34. The van der Waals surface area contributed by atoms with E-state index in [1.54, 1.807) is 0 Å². The molecule has 1 N–H and O–H groups in total. The van der Waals surface area contributed by atoms with E-state index in [0.29, 0.717) is 19.0 Å². The van der Waals surface area contributed by atoms with Crippen LogP contribution in [0.4, 0.5) is 0 Å². The Balaban J connectivity index is 1.57. The predicted molar refractivity (Wildman–Crippen MR) is 118 cm³/mol. The molecule has 0 fully saturated rings. The van der Waals surface area contributed by atoms with Crippen LogP contribution >= 0.6 is 0 Å². The fourth-order valence-corrected chi connectivity index (χ4v) is 3.50. The molecule has 1 heterocycles. The minimum atomic E-state index is -0.421. The summed E-state index contributed by atoms with van der Waals surface area (Å²) in [6, 6.07) is 11.3. The van der Waals surface area contributed by atoms with E-state index in [0.717, 1.165) is 28.9 Å². The first-order valence-electron chi connectivity index (χ1n) is 10.7. The number of hydrogen-bond donors (Lipinski definition) is 1. The third kappa shape index (κ3) is 6.23. The molecule has 3 rings (SSSR count). The van der Waals surface area contributed by atoms with E-state index in [2.05, 4.69) is 5.32 Å². The Morgan fingerprint density at radius 2 is 1.74 bits per heavy atom. The van der Waals surface area contributed by atoms with Gasteiger partial charge in [-0.1, -0.05) is 38.1 Å². The largest absolute Gasteiger partial charge is 0.490 e. The van der Waals surface area contributed by atoms with Gasteiger partial charge >= 0.3 is 5.97 Å². The van der Waals surface area contributed by atoms with Crippen molar-refractivity contribution in [2.24, 2.45) is 5.92 Å². The molecule has 0 unspecified atom stereocenters. The lowest BCUT2D eigenvalue weighted by atomic mass is 9.95. The van der Waals surface area contributed by atoms with Crippen LogP contribution in [0.25, 0.3) is 0 Å². The van der Waals surface area contributed by atoms with Crippen molar-refractivity contribution < 1.29 is 23.8 Å². The molecular weight excluding hydrogens is 394 g/mol. The number of nitrogens with one attached hydrogen (secondary N) is 1. The molecule has 2 aromatic rings. The van der Waals surface area contributed by atoms with Gasteiger partial charge in [0, 0.05) is 6.42 Å². The SMILES string of the molecule is Cc1ccc(CC(=O)OCC(=O)N[C@@H](c2ccc3c(c2)OCCCO3)C(C)C)cc1C. The quantitative estimate of drug-likeness (QED) is 0.677. The summed E-state index contributed by atoms with van der Waals surface area (Å²) in [6.45, 7) is 9.01. The van der Waals surface area contributed by atoms with Gasteiger partial charge in [-0.2, -0.15) is 0 Å². The summed E-state index contributed by atoms with van der Waals surface area (Å²) < 4.78 is 16.7. The van der Waals surface area contributed by atoms with Crippen LogP contribution in [0, 0.1) is 19.8 Å². The molecule has 0 aromatic heterocycles. The smallest absolute Gasteiger partial charge is 0.310 e. The van der Waals surface area contributed by atoms with E-state index in [9.17, 15) is 9.59 Å². The van der Waals surface area contributed by atoms with Crippen LogP contribution in [0.3, 0.4) is 0 Å². The van der Waals surface area contributed by atoms with Crippen molar-refractivity contribution in [1.29, 1.82) is 0 Å². The summed E-state index contributed by atoms with van der Waals surface area (Å²) in [4.78, 5) is 24.6. The van der Waals surface area contributed by atoms with Gasteiger partial charge in [0.25, 0.3) is 5.91 Å². The maximum atomic E-state index is 12.5. The lowest BCUT2D eigenvalue weighted by Gasteiger charge is -2.24. The molecule has 0 saturated carbocycles. The molecule has 0 bridgehead atoms. The average molecular weight is 426 g/mol. The van der Waals surface area contributed by atoms with E-state index in [1.165, 1.54) is 5.56 Å². The van der Waals surface area contributed by atoms with Crippen LogP contribution in [0.5, 0.6) is 11.5 Å². The van der Waals surface area contributed by atoms with Crippen LogP contribution in [0.2, 0.25) is 0 Å². The Morgan fingerprint density at radius 1 is 1.00 bits per heavy atom. The summed E-state index contributed by atoms with van der Waals surface area (Å²) in [5.74, 6) is 0.791. The Morgan fingerprint density at radius 3 is 2.45 bits per heavy atom. The summed E-state index contributed by atoms with van der Waals surface area (Å²) in [5, 5.41) is 2.98. The molecule has 0 saturated heterocycles. The van der Waals surface area contributed by atoms with Gasteiger partial charge < -0.3 is 19.5 Å². The second kappa shape index (κ2) is 10.3. The monoisotopic (exact) mass is 425 g/mol. The van der Waals surface area contributed by atoms with Crippen molar-refractivity contribution in [3.8, 4) is 11.5 Å². The first-order valence-corrected chi connectivity index (χ1v) is 10.7. The third-order valence-corrected chi connectivity index (χ3v) is 5.40. The van der Waals surface area contributed by atoms with Crippen molar-refractivity contribution in [1.82, 2.24) is 5.32 Å². The van der Waals surface area contributed by atoms with E-state index in [-0.39, 0.29) is 30.9 Å². The standard InChI is InChI=1S/C25H31NO5/c1-16(2)25(20-8-9-21-22(14-20)30-11-5-10-29-21)26-23(27)15-31-24(28)13-19-7-6-17(3)18(4)12-19/h6-9,12,14,16,25H,5,10-11,13,15H2,1-4H3,(H,26,27)/t25-/m1/s1. The van der Waals surface area contributed by atoms with Gasteiger partial charge in [0.2, 0.25) is 0 Å². The molecular formula is C25H31NO5. The van der Waals surface area contributed by atoms with Crippen LogP contribution < -0.4 is 14.8 Å². The molecule has 31 heavy (non-hydrogen) atoms. The summed E-state index contributed by atoms with van der Waals surface area (Å²) in [5.41, 5.74) is 4.10. The number of carbonyl (C=O) groups excluding carboxylic acids is 2. The fourth-order valence-electron chi connectivity index (χ4n) is 3.50. The molecule has 0 radical (unpaired) electrons. The Hall–Kier alpha value is -3.02. The number of esters is 1. The topological polar surface area (TPSA) is 73.9 Å². The average Bonchev–Trinajstić information content (AvgIpc) is 2.98. The second-order valence-corrected chi connectivity index (χ2v) is 8.30. The summed E-state index contributed by atoms with van der Waals surface area (Å²) >= 11 is 0. The molecule has 1 amide bonds. The van der Waals surface area contributed by atoms with Crippen molar-refractivity contribution in [3.63, 3.8) is 0 Å². The predicted octanol–water partition coefficient (Wildman–Crippen LogP) is 4.06. The first-order chi connectivity index (χ1) is 14.8. The van der Waals surface area contributed by atoms with Crippen molar-refractivity contribution in [3.05, 3.63) is 58.7 Å². The van der Waals surface area contributed by atoms with Crippen LogP contribution in [-0.4, -0.2) is 31.7 Å². The van der Waals surface area contributed by atoms with E-state index in [4.69, 9.17) is 14.2 Å². The number of rotatable bonds is 7. The lowest BCUT2D eigenvalue weighted by Crippen LogP contribution is -2.35. The lowest BCUT2D eigenvalue weighted by molar-refractivity contribution is -0.148. The van der Waals surface area contributed by atoms with Gasteiger partial charge in [-0.15, -0.1) is 0 Å². The minimum absolute atomic E-state index is 0.139. The van der Waals surface area contributed by atoms with Crippen LogP contribution in [-0.2, 0) is 20.7 Å². The Labute approximate surface area is 183 Å². The maximum Gasteiger partial charge on any atom is 0.310 e. The van der Waals surface area contributed by atoms with Crippen molar-refractivity contribution in [2.75, 3.05) is 19.8 Å². The zero-order valence-electron chi connectivity index (χ0n) is 18.7. The summed E-state index contributed by atoms with van der Waals surface area (Å²) in [7, 11) is 0. The number of aryl methyl sites for hydroxylation is 2. The third-order valence-electron chi connectivity index (χ3n) is 5.40. The van der Waals surface area contributed by atoms with Crippen molar-refractivity contribution >= 4 is 11.9 Å². The number of carbonyl (C=O) groups is 2. The molecule has 1 atom stereocenters. The van der Waals surface area contributed by atoms with E-state index < -0.39 is 5.97 Å². The van der Waals surface area contributed by atoms with Gasteiger partial charge in [-0.3, -0.25) is 9.59 Å². The zero-order chi connectivity index (χ0) is 22.4. The first kappa shape index (κ1) is 22.7. The van der Waals surface area contributed by atoms with Gasteiger partial charge in [0.1, 0.15) is 0 Å². The Bertz CT molecular complexity index is 938. The number of ether oxygens (including phenoxy) is 3. The highest BCUT2D eigenvalue weighted by atomic mass is 16.5. The molecule has 6 nitrogen and oxygen atoms in total. The van der Waals surface area contributed by atoms with Crippen molar-refractivity contribution in [2.45, 2.75) is 46.6 Å². The van der Waals surface area contributed by atoms with Crippen LogP contribution in [0.1, 0.15) is 48.6 Å². The zero-order valence-corrected chi connectivity index (χ0v) is 18.7. The number of benzene rings is 2. The normalized spacial score (nSPS) is 14.0. The minimum Gasteiger partial charge on any atom is -0.490 e. The number of hydrogen-bond acceptors (Lipinski definition) is 5. The summed E-state index contributed by atoms with van der Waals surface area (Å²) in [6.07, 6.45) is 0.978. The van der Waals surface area contributed by atoms with Gasteiger partial charge in [-0.05, 0) is 54.2 Å². The molecule has 0 spiro atoms. The maximum absolute atomic E-state index is 12.5. The molecule has 1 aliphatic rings. The van der Waals surface area contributed by atoms with E-state index >= 15 is 0 Å². The molecule has 6 heteroatoms. The molecule has 0 aliphatic carbocycles. The van der Waals surface area contributed by atoms with Gasteiger partial charge in [-0.25, -0.2) is 0 Å². The van der Waals surface area contributed by atoms with E-state index in [1.807, 2.05) is 64.1 Å². The highest BCUT2D eigenvalue weighted by molar-refractivity contribution is 5.81. The Kier molecular flexibility index (Phi) is 7.55. The number of amides is 1. The second-order valence-electron chi connectivity index (χ2n) is 8.30. The molecule has 2 aromatic carbocycles. The molecule has 166 valence electrons. The number of fused-ring (bicyclic) bond motifs is 1.